The third kappa shape index (κ3) is 1.42. The summed E-state index contributed by atoms with van der Waals surface area (Å²) in [4.78, 5) is 13.3. The van der Waals surface area contributed by atoms with E-state index >= 15 is 0 Å². The van der Waals surface area contributed by atoms with Crippen LogP contribution in [0.3, 0.4) is 0 Å². The Morgan fingerprint density at radius 1 is 0.741 bits per heavy atom. The van der Waals surface area contributed by atoms with Crippen molar-refractivity contribution >= 4 is 39.4 Å². The molecule has 0 atom stereocenters. The Kier molecular flexibility index (Phi) is 2.23. The molecule has 5 aromatic rings. The van der Waals surface area contributed by atoms with E-state index in [1.54, 1.807) is 0 Å². The molecule has 1 aromatic heterocycles. The van der Waals surface area contributed by atoms with Crippen molar-refractivity contribution in [2.24, 2.45) is 0 Å². The summed E-state index contributed by atoms with van der Waals surface area (Å²) in [5.74, 6) is 0. The van der Waals surface area contributed by atoms with Crippen LogP contribution in [0.2, 0.25) is 0 Å². The molecule has 0 bridgehead atoms. The number of benzene rings is 4. The van der Waals surface area contributed by atoms with Crippen LogP contribution in [-0.2, 0) is 0 Å². The lowest BCUT2D eigenvalue weighted by atomic mass is 9.46. The van der Waals surface area contributed by atoms with Crippen LogP contribution in [0.15, 0.2) is 83.7 Å². The number of fused-ring (bicyclic) bond motifs is 8. The molecule has 124 valence electrons. The van der Waals surface area contributed by atoms with Crippen molar-refractivity contribution in [1.29, 1.82) is 0 Å². The van der Waals surface area contributed by atoms with Crippen LogP contribution in [0.5, 0.6) is 0 Å². The first-order valence-corrected chi connectivity index (χ1v) is 9.22. The van der Waals surface area contributed by atoms with Gasteiger partial charge < -0.3 is 4.59 Å². The van der Waals surface area contributed by atoms with Crippen LogP contribution < -0.4 is 16.5 Å². The zero-order chi connectivity index (χ0) is 17.7. The average molecular weight is 344 g/mol. The van der Waals surface area contributed by atoms with Gasteiger partial charge in [-0.1, -0.05) is 60.7 Å². The molecule has 4 heteroatoms. The van der Waals surface area contributed by atoms with Gasteiger partial charge in [-0.05, 0) is 51.0 Å². The van der Waals surface area contributed by atoms with Gasteiger partial charge in [0.1, 0.15) is 0 Å². The summed E-state index contributed by atoms with van der Waals surface area (Å²) in [7, 11) is 0. The molecule has 0 aliphatic carbocycles. The normalized spacial score (nSPS) is 13.3. The van der Waals surface area contributed by atoms with E-state index in [9.17, 15) is 4.79 Å². The van der Waals surface area contributed by atoms with Crippen LogP contribution in [0.25, 0.3) is 38.5 Å². The van der Waals surface area contributed by atoms with E-state index in [4.69, 9.17) is 0 Å². The molecular formula is C23H13BN2O. The van der Waals surface area contributed by atoms with Crippen molar-refractivity contribution in [2.75, 3.05) is 0 Å². The van der Waals surface area contributed by atoms with Crippen molar-refractivity contribution in [1.82, 2.24) is 9.27 Å². The van der Waals surface area contributed by atoms with Crippen molar-refractivity contribution in [3.63, 3.8) is 0 Å². The van der Waals surface area contributed by atoms with Crippen LogP contribution in [0.1, 0.15) is 0 Å². The Morgan fingerprint density at radius 3 is 2.52 bits per heavy atom. The average Bonchev–Trinajstić information content (AvgIpc) is 3.22. The molecule has 0 spiro atoms. The molecule has 0 N–H and O–H groups in total. The van der Waals surface area contributed by atoms with Crippen LogP contribution in [0.4, 0.5) is 0 Å². The number of hydrogen-bond acceptors (Lipinski definition) is 1. The Hall–Kier alpha value is -3.53. The summed E-state index contributed by atoms with van der Waals surface area (Å²) >= 11 is 0. The second-order valence-electron chi connectivity index (χ2n) is 7.37. The summed E-state index contributed by atoms with van der Waals surface area (Å²) in [5, 5.41) is 3.28. The third-order valence-electron chi connectivity index (χ3n) is 6.14. The van der Waals surface area contributed by atoms with Crippen molar-refractivity contribution in [3.05, 3.63) is 89.2 Å². The van der Waals surface area contributed by atoms with Crippen molar-refractivity contribution in [2.45, 2.75) is 0 Å². The summed E-state index contributed by atoms with van der Waals surface area (Å²) in [6.07, 6.45) is 0. The molecule has 0 unspecified atom stereocenters. The summed E-state index contributed by atoms with van der Waals surface area (Å²) in [5.41, 5.74) is 7.10. The van der Waals surface area contributed by atoms with Crippen LogP contribution >= 0.6 is 0 Å². The zero-order valence-corrected chi connectivity index (χ0v) is 14.4. The fourth-order valence-corrected chi connectivity index (χ4v) is 5.13. The maximum Gasteiger partial charge on any atom is 0.350 e. The van der Waals surface area contributed by atoms with E-state index in [0.717, 1.165) is 16.6 Å². The number of para-hydroxylation sites is 1. The summed E-state index contributed by atoms with van der Waals surface area (Å²) in [6, 6.07) is 27.3. The van der Waals surface area contributed by atoms with Gasteiger partial charge in [0.2, 0.25) is 0 Å². The fourth-order valence-electron chi connectivity index (χ4n) is 5.13. The Morgan fingerprint density at radius 2 is 1.56 bits per heavy atom. The van der Waals surface area contributed by atoms with Gasteiger partial charge in [0.25, 0.3) is 5.56 Å². The maximum atomic E-state index is 13.3. The maximum absolute atomic E-state index is 13.3. The molecule has 3 nitrogen and oxygen atoms in total. The largest absolute Gasteiger partial charge is 0.350 e. The van der Waals surface area contributed by atoms with E-state index in [1.807, 2.05) is 22.9 Å². The lowest BCUT2D eigenvalue weighted by molar-refractivity contribution is 0.819. The monoisotopic (exact) mass is 344 g/mol. The third-order valence-corrected chi connectivity index (χ3v) is 6.14. The number of rotatable bonds is 0. The molecule has 2 aliphatic rings. The minimum atomic E-state index is 0.0300. The van der Waals surface area contributed by atoms with Gasteiger partial charge in [-0.3, -0.25) is 4.79 Å². The van der Waals surface area contributed by atoms with Gasteiger partial charge in [0.15, 0.2) is 0 Å². The predicted molar refractivity (Wildman–Crippen MR) is 111 cm³/mol. The quantitative estimate of drug-likeness (QED) is 0.389. The molecule has 4 aromatic carbocycles. The van der Waals surface area contributed by atoms with Crippen molar-refractivity contribution in [3.8, 4) is 16.8 Å². The topological polar surface area (TPSA) is 26.9 Å². The SMILES string of the molecule is O=c1c2ccccc2n2n1-c1ccc3cccc4c3c1B2c1ccccc1-4. The first-order chi connectivity index (χ1) is 13.3. The Bertz CT molecular complexity index is 1510. The van der Waals surface area contributed by atoms with E-state index in [2.05, 4.69) is 65.3 Å². The van der Waals surface area contributed by atoms with Crippen molar-refractivity contribution < 1.29 is 0 Å². The fraction of sp³-hybridized carbons (Fsp3) is 0. The molecule has 2 aliphatic heterocycles. The number of nitrogens with zero attached hydrogens (tertiary/aromatic N) is 2. The van der Waals surface area contributed by atoms with Gasteiger partial charge in [-0.15, -0.1) is 0 Å². The zero-order valence-electron chi connectivity index (χ0n) is 14.4. The Labute approximate surface area is 155 Å². The second kappa shape index (κ2) is 4.41. The molecule has 0 fully saturated rings. The molecule has 0 amide bonds. The highest BCUT2D eigenvalue weighted by atomic mass is 16.1. The Balaban J connectivity index is 1.80. The smallest absolute Gasteiger partial charge is 0.310 e. The van der Waals surface area contributed by atoms with Gasteiger partial charge in [0.05, 0.1) is 16.6 Å². The minimum absolute atomic E-state index is 0.0300. The number of aromatic nitrogens is 2. The molecule has 0 radical (unpaired) electrons. The highest BCUT2D eigenvalue weighted by Crippen LogP contribution is 2.35. The van der Waals surface area contributed by atoms with E-state index in [-0.39, 0.29) is 12.4 Å². The van der Waals surface area contributed by atoms with Gasteiger partial charge in [0, 0.05) is 0 Å². The van der Waals surface area contributed by atoms with E-state index < -0.39 is 0 Å². The minimum Gasteiger partial charge on any atom is -0.310 e. The molecule has 7 rings (SSSR count). The first kappa shape index (κ1) is 13.6. The van der Waals surface area contributed by atoms with E-state index in [0.29, 0.717) is 0 Å². The van der Waals surface area contributed by atoms with Gasteiger partial charge >= 0.3 is 6.85 Å². The molecule has 0 saturated carbocycles. The lowest BCUT2D eigenvalue weighted by Crippen LogP contribution is -2.49. The molecular weight excluding hydrogens is 331 g/mol. The lowest BCUT2D eigenvalue weighted by Gasteiger charge is -2.24. The summed E-state index contributed by atoms with van der Waals surface area (Å²) < 4.78 is 4.07. The van der Waals surface area contributed by atoms with Gasteiger partial charge in [-0.25, -0.2) is 4.68 Å². The molecule has 0 saturated heterocycles. The van der Waals surface area contributed by atoms with E-state index in [1.165, 1.54) is 32.8 Å². The molecule has 27 heavy (non-hydrogen) atoms. The molecule has 3 heterocycles. The first-order valence-electron chi connectivity index (χ1n) is 9.22. The van der Waals surface area contributed by atoms with Crippen LogP contribution in [-0.4, -0.2) is 16.1 Å². The second-order valence-corrected chi connectivity index (χ2v) is 7.37. The highest BCUT2D eigenvalue weighted by molar-refractivity contribution is 6.90. The van der Waals surface area contributed by atoms with Crippen LogP contribution in [0, 0.1) is 0 Å². The summed E-state index contributed by atoms with van der Waals surface area (Å²) in [6.45, 7) is 0.0300. The highest BCUT2D eigenvalue weighted by Gasteiger charge is 2.42. The predicted octanol–water partition coefficient (Wildman–Crippen LogP) is 2.89. The number of hydrogen-bond donors (Lipinski definition) is 0. The standard InChI is InChI=1S/C23H13BN2O/c27-23-17-8-2-4-11-19(17)26-24-18-10-3-1-7-15(18)16-9-5-6-14-12-13-20(25(23)26)22(24)21(14)16/h1-13H. The van der Waals surface area contributed by atoms with Gasteiger partial charge in [-0.2, -0.15) is 0 Å².